The van der Waals surface area contributed by atoms with Gasteiger partial charge in [-0.2, -0.15) is 0 Å². The van der Waals surface area contributed by atoms with Crippen LogP contribution in [0.15, 0.2) is 224 Å². The van der Waals surface area contributed by atoms with Crippen LogP contribution in [0.1, 0.15) is 17.9 Å². The molecule has 1 atom stereocenters. The van der Waals surface area contributed by atoms with Crippen LogP contribution >= 0.6 is 0 Å². The maximum absolute atomic E-state index is 2.57. The van der Waals surface area contributed by atoms with Gasteiger partial charge in [-0.25, -0.2) is 0 Å². The molecule has 0 saturated carbocycles. The molecule has 1 aliphatic rings. The van der Waals surface area contributed by atoms with Gasteiger partial charge in [0, 0.05) is 66.1 Å². The molecule has 0 fully saturated rings. The van der Waals surface area contributed by atoms with Gasteiger partial charge in [-0.05, 0) is 84.8 Å². The van der Waals surface area contributed by atoms with Gasteiger partial charge in [-0.3, -0.25) is 0 Å². The Morgan fingerprint density at radius 1 is 0.328 bits per heavy atom. The molecular formula is C60H40N4. The molecule has 13 aromatic rings. The van der Waals surface area contributed by atoms with Crippen molar-refractivity contribution in [2.75, 3.05) is 0 Å². The zero-order valence-electron chi connectivity index (χ0n) is 34.9. The summed E-state index contributed by atoms with van der Waals surface area (Å²) >= 11 is 0. The van der Waals surface area contributed by atoms with Crippen molar-refractivity contribution in [2.45, 2.75) is 12.3 Å². The van der Waals surface area contributed by atoms with Crippen LogP contribution in [0.4, 0.5) is 0 Å². The Labute approximate surface area is 369 Å². The average Bonchev–Trinajstić information content (AvgIpc) is 4.09. The van der Waals surface area contributed by atoms with Crippen molar-refractivity contribution in [3.05, 3.63) is 230 Å². The molecule has 0 spiro atoms. The fourth-order valence-corrected chi connectivity index (χ4v) is 11.4. The van der Waals surface area contributed by atoms with E-state index in [0.717, 1.165) is 17.8 Å². The minimum absolute atomic E-state index is 0.0756. The van der Waals surface area contributed by atoms with E-state index in [0.29, 0.717) is 0 Å². The van der Waals surface area contributed by atoms with Gasteiger partial charge in [0.1, 0.15) is 0 Å². The third kappa shape index (κ3) is 4.82. The molecule has 4 nitrogen and oxygen atoms in total. The first-order chi connectivity index (χ1) is 31.8. The number of nitrogens with zero attached hydrogens (tertiary/aromatic N) is 4. The number of para-hydroxylation sites is 7. The molecule has 4 heterocycles. The van der Waals surface area contributed by atoms with Crippen LogP contribution in [0.5, 0.6) is 0 Å². The van der Waals surface area contributed by atoms with Crippen molar-refractivity contribution >= 4 is 92.9 Å². The highest BCUT2D eigenvalue weighted by Gasteiger charge is 2.29. The summed E-state index contributed by atoms with van der Waals surface area (Å²) in [7, 11) is 0. The second kappa shape index (κ2) is 13.6. The summed E-state index contributed by atoms with van der Waals surface area (Å²) in [4.78, 5) is 0. The first kappa shape index (κ1) is 35.3. The summed E-state index contributed by atoms with van der Waals surface area (Å²) in [5.74, 6) is 0.0756. The smallest absolute Gasteiger partial charge is 0.0641 e. The molecule has 0 aliphatic heterocycles. The van der Waals surface area contributed by atoms with E-state index < -0.39 is 0 Å². The van der Waals surface area contributed by atoms with Crippen LogP contribution in [0.3, 0.4) is 0 Å². The molecule has 0 amide bonds. The number of hydrogen-bond donors (Lipinski definition) is 0. The summed E-state index contributed by atoms with van der Waals surface area (Å²) in [5, 5.41) is 10.1. The van der Waals surface area contributed by atoms with Crippen molar-refractivity contribution < 1.29 is 0 Å². The average molecular weight is 817 g/mol. The van der Waals surface area contributed by atoms with Crippen LogP contribution in [-0.2, 0) is 0 Å². The molecule has 300 valence electrons. The van der Waals surface area contributed by atoms with Gasteiger partial charge >= 0.3 is 0 Å². The Bertz CT molecular complexity index is 4100. The highest BCUT2D eigenvalue weighted by atomic mass is 15.0. The van der Waals surface area contributed by atoms with E-state index in [1.54, 1.807) is 0 Å². The fraction of sp³-hybridized carbons (Fsp3) is 0.0333. The Kier molecular flexibility index (Phi) is 7.48. The molecule has 1 aliphatic carbocycles. The van der Waals surface area contributed by atoms with Crippen LogP contribution < -0.4 is 0 Å². The molecule has 0 saturated heterocycles. The lowest BCUT2D eigenvalue weighted by atomic mass is 9.87. The molecule has 9 aromatic carbocycles. The monoisotopic (exact) mass is 816 g/mol. The maximum atomic E-state index is 2.57. The van der Waals surface area contributed by atoms with Crippen molar-refractivity contribution in [2.24, 2.45) is 0 Å². The highest BCUT2D eigenvalue weighted by Crippen LogP contribution is 2.48. The molecule has 0 N–H and O–H groups in total. The number of rotatable bonds is 5. The Morgan fingerprint density at radius 2 is 0.766 bits per heavy atom. The predicted octanol–water partition coefficient (Wildman–Crippen LogP) is 15.7. The number of allylic oxidation sites excluding steroid dienone is 4. The standard InChI is InChI=1S/C60H40N4/c1-3-19-39(20-4-1)61-49-29-13-9-25-43(49)45-35-37-55-57(59(45)61)47-27-11-17-33-53(47)63(55)51-31-15-7-23-41(51)42-24-8-16-32-52(42)64-54-34-18-12-28-48(54)58-56(64)38-36-46-44-26-10-14-30-50(44)62(60(46)58)40-21-5-2-6-22-40/h1-23,25-38,42H,24H2. The topological polar surface area (TPSA) is 19.7 Å². The minimum atomic E-state index is 0.0756. The van der Waals surface area contributed by atoms with E-state index in [1.807, 2.05) is 0 Å². The second-order valence-corrected chi connectivity index (χ2v) is 17.2. The molecule has 0 radical (unpaired) electrons. The third-order valence-electron chi connectivity index (χ3n) is 13.9. The van der Waals surface area contributed by atoms with Crippen LogP contribution in [0.25, 0.3) is 110 Å². The molecule has 14 rings (SSSR count). The highest BCUT2D eigenvalue weighted by molar-refractivity contribution is 6.28. The Balaban J connectivity index is 1.03. The van der Waals surface area contributed by atoms with E-state index in [9.17, 15) is 0 Å². The molecule has 4 heteroatoms. The number of benzene rings is 9. The number of fused-ring (bicyclic) bond motifs is 14. The van der Waals surface area contributed by atoms with Crippen molar-refractivity contribution in [3.63, 3.8) is 0 Å². The Hall–Kier alpha value is -8.34. The minimum Gasteiger partial charge on any atom is -0.312 e. The lowest BCUT2D eigenvalue weighted by Crippen LogP contribution is -2.12. The summed E-state index contributed by atoms with van der Waals surface area (Å²) in [6.07, 6.45) is 7.85. The SMILES string of the molecule is C1=CCC(c2ccccc2-n2c3ccccc3c3c2ccc2c4ccccc4n(-c4ccccc4)c23)C(n2c3ccccc3c3c2ccc2c4ccccc4n(-c4ccccc4)c23)=C1. The molecule has 0 bridgehead atoms. The summed E-state index contributed by atoms with van der Waals surface area (Å²) in [6, 6.07) is 75.9. The van der Waals surface area contributed by atoms with Crippen molar-refractivity contribution in [1.29, 1.82) is 0 Å². The molecule has 4 aromatic heterocycles. The maximum Gasteiger partial charge on any atom is 0.0641 e. The number of hydrogen-bond acceptors (Lipinski definition) is 0. The lowest BCUT2D eigenvalue weighted by molar-refractivity contribution is 0.822. The van der Waals surface area contributed by atoms with Gasteiger partial charge in [-0.15, -0.1) is 0 Å². The zero-order chi connectivity index (χ0) is 41.9. The van der Waals surface area contributed by atoms with E-state index in [-0.39, 0.29) is 5.92 Å². The van der Waals surface area contributed by atoms with Gasteiger partial charge in [0.25, 0.3) is 0 Å². The lowest BCUT2D eigenvalue weighted by Gasteiger charge is -2.27. The van der Waals surface area contributed by atoms with Crippen molar-refractivity contribution in [1.82, 2.24) is 18.3 Å². The summed E-state index contributed by atoms with van der Waals surface area (Å²) in [5.41, 5.74) is 15.8. The largest absolute Gasteiger partial charge is 0.312 e. The normalized spacial score (nSPS) is 14.4. The van der Waals surface area contributed by atoms with E-state index in [1.165, 1.54) is 104 Å². The first-order valence-electron chi connectivity index (χ1n) is 22.3. The van der Waals surface area contributed by atoms with Crippen molar-refractivity contribution in [3.8, 4) is 17.1 Å². The quantitative estimate of drug-likeness (QED) is 0.165. The van der Waals surface area contributed by atoms with Crippen LogP contribution in [0.2, 0.25) is 0 Å². The van der Waals surface area contributed by atoms with E-state index in [4.69, 9.17) is 0 Å². The first-order valence-corrected chi connectivity index (χ1v) is 22.3. The predicted molar refractivity (Wildman–Crippen MR) is 270 cm³/mol. The van der Waals surface area contributed by atoms with Gasteiger partial charge in [0.05, 0.1) is 49.8 Å². The fourth-order valence-electron chi connectivity index (χ4n) is 11.4. The van der Waals surface area contributed by atoms with Gasteiger partial charge in [0.15, 0.2) is 0 Å². The van der Waals surface area contributed by atoms with Crippen LogP contribution in [0, 0.1) is 0 Å². The number of aromatic nitrogens is 4. The van der Waals surface area contributed by atoms with E-state index in [2.05, 4.69) is 243 Å². The van der Waals surface area contributed by atoms with Crippen LogP contribution in [-0.4, -0.2) is 18.3 Å². The zero-order valence-corrected chi connectivity index (χ0v) is 34.9. The summed E-state index contributed by atoms with van der Waals surface area (Å²) < 4.78 is 10.0. The van der Waals surface area contributed by atoms with E-state index >= 15 is 0 Å². The molecular weight excluding hydrogens is 777 g/mol. The third-order valence-corrected chi connectivity index (χ3v) is 13.9. The van der Waals surface area contributed by atoms with Gasteiger partial charge < -0.3 is 18.3 Å². The summed E-state index contributed by atoms with van der Waals surface area (Å²) in [6.45, 7) is 0. The Morgan fingerprint density at radius 3 is 1.33 bits per heavy atom. The van der Waals surface area contributed by atoms with Gasteiger partial charge in [0.2, 0.25) is 0 Å². The second-order valence-electron chi connectivity index (χ2n) is 17.2. The molecule has 64 heavy (non-hydrogen) atoms. The molecule has 1 unspecified atom stereocenters. The van der Waals surface area contributed by atoms with Gasteiger partial charge in [-0.1, -0.05) is 152 Å².